The first-order chi connectivity index (χ1) is 17.1. The molecule has 0 unspecified atom stereocenters. The van der Waals surface area contributed by atoms with Crippen molar-refractivity contribution in [3.05, 3.63) is 87.3 Å². The first kappa shape index (κ1) is 28.2. The fourth-order valence-electron chi connectivity index (χ4n) is 3.87. The lowest BCUT2D eigenvalue weighted by atomic mass is 9.27. The van der Waals surface area contributed by atoms with E-state index >= 15 is 0 Å². The van der Waals surface area contributed by atoms with E-state index in [1.54, 1.807) is 0 Å². The summed E-state index contributed by atoms with van der Waals surface area (Å²) in [5.41, 5.74) is -8.40. The molecule has 0 amide bonds. The molecule has 200 valence electrons. The predicted octanol–water partition coefficient (Wildman–Crippen LogP) is 4.78. The van der Waals surface area contributed by atoms with Gasteiger partial charge in [-0.2, -0.15) is 0 Å². The van der Waals surface area contributed by atoms with Crippen LogP contribution in [0.4, 0.5) is 65.9 Å². The van der Waals surface area contributed by atoms with Crippen LogP contribution >= 0.6 is 0 Å². The van der Waals surface area contributed by atoms with Gasteiger partial charge >= 0.3 is 0 Å². The number of benzene rings is 3. The van der Waals surface area contributed by atoms with Crippen molar-refractivity contribution < 1.29 is 70.5 Å². The van der Waals surface area contributed by atoms with Gasteiger partial charge in [0, 0.05) is 0 Å². The lowest BCUT2D eigenvalue weighted by molar-refractivity contribution is 0.329. The molecule has 3 rings (SSSR count). The Bertz CT molecular complexity index is 1200. The lowest BCUT2D eigenvalue weighted by Gasteiger charge is -2.44. The van der Waals surface area contributed by atoms with Gasteiger partial charge in [0.05, 0.1) is 0 Å². The maximum Gasteiger partial charge on any atom is 0.216 e. The molecule has 17 heteroatoms. The molecule has 3 aromatic carbocycles. The van der Waals surface area contributed by atoms with Crippen molar-refractivity contribution in [1.82, 2.24) is 0 Å². The average molecular weight is 557 g/mol. The zero-order chi connectivity index (χ0) is 28.3. The van der Waals surface area contributed by atoms with Gasteiger partial charge in [-0.15, -0.1) is 0 Å². The van der Waals surface area contributed by atoms with Gasteiger partial charge in [-0.05, 0) is 13.5 Å². The molecule has 0 fully saturated rings. The highest BCUT2D eigenvalue weighted by Gasteiger charge is 2.49. The van der Waals surface area contributed by atoms with E-state index in [9.17, 15) is 65.9 Å². The molecule has 0 radical (unpaired) electrons. The zero-order valence-corrected chi connectivity index (χ0v) is 17.4. The average Bonchev–Trinajstić information content (AvgIpc) is 2.86. The molecule has 0 aliphatic rings. The molecule has 0 bridgehead atoms. The zero-order valence-electron chi connectivity index (χ0n) is 17.4. The summed E-state index contributed by atoms with van der Waals surface area (Å²) in [6, 6.07) is 0. The van der Waals surface area contributed by atoms with Crippen molar-refractivity contribution in [1.29, 1.82) is 0 Å². The molecule has 0 saturated carbocycles. The molecule has 1 nitrogen and oxygen atoms in total. The molecule has 0 aliphatic heterocycles. The molecule has 0 heterocycles. The Hall–Kier alpha value is -3.37. The molecule has 0 spiro atoms. The van der Waals surface area contributed by atoms with Crippen LogP contribution in [0.5, 0.6) is 0 Å². The Morgan fingerprint density at radius 3 is 0.676 bits per heavy atom. The van der Waals surface area contributed by atoms with Crippen LogP contribution in [-0.2, 0) is 4.65 Å². The monoisotopic (exact) mass is 557 g/mol. The van der Waals surface area contributed by atoms with E-state index in [4.69, 9.17) is 0 Å². The molecule has 3 aromatic rings. The predicted molar refractivity (Wildman–Crippen MR) is 95.0 cm³/mol. The highest BCUT2D eigenvalue weighted by molar-refractivity contribution is 7.07. The van der Waals surface area contributed by atoms with E-state index in [2.05, 4.69) is 4.65 Å². The third-order valence-electron chi connectivity index (χ3n) is 5.37. The van der Waals surface area contributed by atoms with Crippen molar-refractivity contribution in [3.63, 3.8) is 0 Å². The summed E-state index contributed by atoms with van der Waals surface area (Å²) in [4.78, 5) is 0. The van der Waals surface area contributed by atoms with E-state index < -0.39 is 117 Å². The Labute approximate surface area is 195 Å². The topological polar surface area (TPSA) is 9.23 Å². The van der Waals surface area contributed by atoms with Gasteiger partial charge in [0.15, 0.2) is 52.4 Å². The number of rotatable bonds is 5. The standard InChI is InChI=1S/C20H5BF15O/c1-2-37-21(3-6(22)12(28)18(34)13(29)7(3)23,4-8(24)14(30)19(35)15(31)9(4)25)5-10(26)16(32)20(36)17(33)11(5)27/h2H2,1H3/q-1. The van der Waals surface area contributed by atoms with Crippen molar-refractivity contribution in [2.75, 3.05) is 6.61 Å². The van der Waals surface area contributed by atoms with E-state index in [1.165, 1.54) is 0 Å². The smallest absolute Gasteiger partial charge is 0.216 e. The van der Waals surface area contributed by atoms with Crippen LogP contribution in [0, 0.1) is 87.3 Å². The molecule has 37 heavy (non-hydrogen) atoms. The van der Waals surface area contributed by atoms with E-state index in [0.717, 1.165) is 0 Å². The Balaban J connectivity index is 2.86. The van der Waals surface area contributed by atoms with Crippen LogP contribution in [0.15, 0.2) is 0 Å². The van der Waals surface area contributed by atoms with Gasteiger partial charge in [-0.1, -0.05) is 16.4 Å². The van der Waals surface area contributed by atoms with Crippen molar-refractivity contribution in [2.24, 2.45) is 0 Å². The molecule has 0 N–H and O–H groups in total. The second-order valence-electron chi connectivity index (χ2n) is 7.19. The molecule has 0 aliphatic carbocycles. The maximum absolute atomic E-state index is 14.9. The summed E-state index contributed by atoms with van der Waals surface area (Å²) in [5.74, 6) is -46.2. The summed E-state index contributed by atoms with van der Waals surface area (Å²) >= 11 is 0. The van der Waals surface area contributed by atoms with Crippen LogP contribution in [0.1, 0.15) is 6.92 Å². The molecule has 0 atom stereocenters. The summed E-state index contributed by atoms with van der Waals surface area (Å²) < 4.78 is 219. The lowest BCUT2D eigenvalue weighted by Crippen LogP contribution is -2.75. The third kappa shape index (κ3) is 3.73. The Kier molecular flexibility index (Phi) is 7.24. The molecular formula is C20H5BF15O-. The second-order valence-corrected chi connectivity index (χ2v) is 7.19. The van der Waals surface area contributed by atoms with Gasteiger partial charge in [-0.25, -0.2) is 65.9 Å². The van der Waals surface area contributed by atoms with Crippen molar-refractivity contribution in [2.45, 2.75) is 6.92 Å². The summed E-state index contributed by atoms with van der Waals surface area (Å²) in [6.45, 7) is -0.709. The molecular weight excluding hydrogens is 552 g/mol. The van der Waals surface area contributed by atoms with Gasteiger partial charge in [0.25, 0.3) is 0 Å². The van der Waals surface area contributed by atoms with Crippen LogP contribution in [0.2, 0.25) is 0 Å². The van der Waals surface area contributed by atoms with E-state index in [1.807, 2.05) is 0 Å². The fourth-order valence-corrected chi connectivity index (χ4v) is 3.87. The number of hydrogen-bond donors (Lipinski definition) is 0. The van der Waals surface area contributed by atoms with Crippen LogP contribution in [0.25, 0.3) is 0 Å². The summed E-state index contributed by atoms with van der Waals surface area (Å²) in [6.07, 6.45) is -5.91. The van der Waals surface area contributed by atoms with Crippen molar-refractivity contribution >= 4 is 22.7 Å². The quantitative estimate of drug-likeness (QED) is 0.190. The Morgan fingerprint density at radius 2 is 0.514 bits per heavy atom. The van der Waals surface area contributed by atoms with Gasteiger partial charge in [0.2, 0.25) is 6.35 Å². The van der Waals surface area contributed by atoms with Crippen LogP contribution < -0.4 is 16.4 Å². The molecule has 0 aromatic heterocycles. The SMILES string of the molecule is CCO[B-](c1c(F)c(F)c(F)c(F)c1F)(c1c(F)c(F)c(F)c(F)c1F)c1c(F)c(F)c(F)c(F)c1F. The Morgan fingerprint density at radius 1 is 0.351 bits per heavy atom. The third-order valence-corrected chi connectivity index (χ3v) is 5.37. The number of halogens is 15. The normalized spacial score (nSPS) is 12.0. The maximum atomic E-state index is 14.9. The highest BCUT2D eigenvalue weighted by atomic mass is 19.2. The first-order valence-electron chi connectivity index (χ1n) is 9.43. The second kappa shape index (κ2) is 9.50. The highest BCUT2D eigenvalue weighted by Crippen LogP contribution is 2.28. The summed E-state index contributed by atoms with van der Waals surface area (Å²) in [7, 11) is 0. The fraction of sp³-hybridized carbons (Fsp3) is 0.100. The van der Waals surface area contributed by atoms with Gasteiger partial charge < -0.3 is 4.65 Å². The minimum Gasteiger partial charge on any atom is -0.579 e. The van der Waals surface area contributed by atoms with Gasteiger partial charge in [0.1, 0.15) is 34.9 Å². The first-order valence-corrected chi connectivity index (χ1v) is 9.43. The minimum atomic E-state index is -5.91. The van der Waals surface area contributed by atoms with Gasteiger partial charge in [-0.3, -0.25) is 0 Å². The van der Waals surface area contributed by atoms with Crippen LogP contribution in [-0.4, -0.2) is 13.0 Å². The van der Waals surface area contributed by atoms with E-state index in [-0.39, 0.29) is 0 Å². The summed E-state index contributed by atoms with van der Waals surface area (Å²) in [5, 5.41) is 0. The minimum absolute atomic E-state index is 0.653. The van der Waals surface area contributed by atoms with Crippen LogP contribution in [0.3, 0.4) is 0 Å². The number of hydrogen-bond acceptors (Lipinski definition) is 1. The molecule has 0 saturated heterocycles. The van der Waals surface area contributed by atoms with E-state index in [0.29, 0.717) is 6.92 Å². The van der Waals surface area contributed by atoms with Crippen molar-refractivity contribution in [3.8, 4) is 0 Å². The largest absolute Gasteiger partial charge is 0.579 e.